The van der Waals surface area contributed by atoms with Crippen molar-refractivity contribution in [3.8, 4) is 0 Å². The van der Waals surface area contributed by atoms with Crippen molar-refractivity contribution < 1.29 is 14.4 Å². The Bertz CT molecular complexity index is 1130. The van der Waals surface area contributed by atoms with Crippen LogP contribution in [0.15, 0.2) is 54.7 Å². The molecule has 1 saturated heterocycles. The number of benzene rings is 2. The number of aromatic amines is 1. The van der Waals surface area contributed by atoms with Crippen molar-refractivity contribution in [3.05, 3.63) is 71.4 Å². The first-order chi connectivity index (χ1) is 15.5. The summed E-state index contributed by atoms with van der Waals surface area (Å²) >= 11 is 0. The third-order valence-corrected chi connectivity index (χ3v) is 5.84. The van der Waals surface area contributed by atoms with Gasteiger partial charge in [-0.1, -0.05) is 30.3 Å². The highest BCUT2D eigenvalue weighted by Crippen LogP contribution is 2.19. The molecule has 0 radical (unpaired) electrons. The van der Waals surface area contributed by atoms with Gasteiger partial charge in [-0.05, 0) is 35.7 Å². The molecule has 3 aromatic rings. The quantitative estimate of drug-likeness (QED) is 0.552. The third kappa shape index (κ3) is 4.91. The number of H-pyrrole nitrogens is 1. The number of urea groups is 1. The number of nitrogens with two attached hydrogens (primary N) is 1. The van der Waals surface area contributed by atoms with Crippen molar-refractivity contribution in [2.45, 2.75) is 12.8 Å². The van der Waals surface area contributed by atoms with Gasteiger partial charge in [-0.2, -0.15) is 0 Å². The fraction of sp³-hybridized carbons (Fsp3) is 0.292. The second-order valence-electron chi connectivity index (χ2n) is 7.95. The van der Waals surface area contributed by atoms with Crippen molar-refractivity contribution >= 4 is 28.7 Å². The van der Waals surface area contributed by atoms with E-state index in [-0.39, 0.29) is 11.9 Å². The van der Waals surface area contributed by atoms with E-state index in [1.165, 1.54) is 0 Å². The van der Waals surface area contributed by atoms with Crippen molar-refractivity contribution in [3.63, 3.8) is 0 Å². The lowest BCUT2D eigenvalue weighted by atomic mass is 10.1. The standard InChI is InChI=1S/C24H27N5O3/c25-23(31)18-5-3-4-17(14-18)8-9-26-24(32)29-12-10-28(11-13-29)22(30)15-19-16-27-21-7-2-1-6-20(19)21/h1-7,14,16,27H,8-13,15H2,(H2,25,31)(H,26,32). The lowest BCUT2D eigenvalue weighted by Crippen LogP contribution is -2.53. The maximum atomic E-state index is 12.8. The van der Waals surface area contributed by atoms with Gasteiger partial charge in [0.25, 0.3) is 0 Å². The molecule has 1 fully saturated rings. The number of amides is 4. The first-order valence-corrected chi connectivity index (χ1v) is 10.8. The summed E-state index contributed by atoms with van der Waals surface area (Å²) in [7, 11) is 0. The van der Waals surface area contributed by atoms with Crippen LogP contribution in [0.25, 0.3) is 10.9 Å². The predicted molar refractivity (Wildman–Crippen MR) is 122 cm³/mol. The van der Waals surface area contributed by atoms with E-state index in [0.29, 0.717) is 51.1 Å². The van der Waals surface area contributed by atoms with E-state index >= 15 is 0 Å². The van der Waals surface area contributed by atoms with Crippen LogP contribution in [0, 0.1) is 0 Å². The van der Waals surface area contributed by atoms with Gasteiger partial charge in [-0.25, -0.2) is 4.79 Å². The van der Waals surface area contributed by atoms with Crippen molar-refractivity contribution in [2.75, 3.05) is 32.7 Å². The van der Waals surface area contributed by atoms with Gasteiger partial charge in [0.1, 0.15) is 0 Å². The topological polar surface area (TPSA) is 112 Å². The third-order valence-electron chi connectivity index (χ3n) is 5.84. The highest BCUT2D eigenvalue weighted by atomic mass is 16.2. The fourth-order valence-corrected chi connectivity index (χ4v) is 4.02. The zero-order chi connectivity index (χ0) is 22.5. The van der Waals surface area contributed by atoms with Crippen molar-refractivity contribution in [1.29, 1.82) is 0 Å². The predicted octanol–water partition coefficient (Wildman–Crippen LogP) is 1.91. The summed E-state index contributed by atoms with van der Waals surface area (Å²) in [4.78, 5) is 43.3. The van der Waals surface area contributed by atoms with Gasteiger partial charge in [0.05, 0.1) is 6.42 Å². The van der Waals surface area contributed by atoms with Gasteiger partial charge in [-0.15, -0.1) is 0 Å². The van der Waals surface area contributed by atoms with E-state index in [1.807, 2.05) is 41.4 Å². The normalized spacial score (nSPS) is 13.9. The van der Waals surface area contributed by atoms with E-state index in [2.05, 4.69) is 10.3 Å². The molecule has 1 aliphatic heterocycles. The van der Waals surface area contributed by atoms with E-state index in [4.69, 9.17) is 5.73 Å². The molecule has 2 aromatic carbocycles. The summed E-state index contributed by atoms with van der Waals surface area (Å²) < 4.78 is 0. The van der Waals surface area contributed by atoms with E-state index in [1.54, 1.807) is 23.1 Å². The summed E-state index contributed by atoms with van der Waals surface area (Å²) in [5.41, 5.74) is 8.72. The molecular weight excluding hydrogens is 406 g/mol. The van der Waals surface area contributed by atoms with E-state index in [0.717, 1.165) is 22.0 Å². The summed E-state index contributed by atoms with van der Waals surface area (Å²) in [6.45, 7) is 2.51. The Morgan fingerprint density at radius 1 is 0.969 bits per heavy atom. The molecule has 8 nitrogen and oxygen atoms in total. The molecule has 0 bridgehead atoms. The molecule has 0 saturated carbocycles. The van der Waals surface area contributed by atoms with Crippen LogP contribution in [0.5, 0.6) is 0 Å². The zero-order valence-corrected chi connectivity index (χ0v) is 17.8. The lowest BCUT2D eigenvalue weighted by molar-refractivity contribution is -0.131. The van der Waals surface area contributed by atoms with Gasteiger partial charge in [0.2, 0.25) is 11.8 Å². The molecule has 0 atom stereocenters. The molecule has 166 valence electrons. The molecule has 8 heteroatoms. The number of piperazine rings is 1. The Kier molecular flexibility index (Phi) is 6.39. The number of fused-ring (bicyclic) bond motifs is 1. The minimum Gasteiger partial charge on any atom is -0.366 e. The molecule has 0 spiro atoms. The summed E-state index contributed by atoms with van der Waals surface area (Å²) in [5, 5.41) is 3.98. The Morgan fingerprint density at radius 3 is 2.50 bits per heavy atom. The number of hydrogen-bond donors (Lipinski definition) is 3. The van der Waals surface area contributed by atoms with Gasteiger partial charge in [0.15, 0.2) is 0 Å². The van der Waals surface area contributed by atoms with Crippen LogP contribution in [0.1, 0.15) is 21.5 Å². The van der Waals surface area contributed by atoms with E-state index < -0.39 is 5.91 Å². The average molecular weight is 434 g/mol. The SMILES string of the molecule is NC(=O)c1cccc(CCNC(=O)N2CCN(C(=O)Cc3c[nH]c4ccccc34)CC2)c1. The first-order valence-electron chi connectivity index (χ1n) is 10.8. The van der Waals surface area contributed by atoms with E-state index in [9.17, 15) is 14.4 Å². The number of carbonyl (C=O) groups is 3. The second kappa shape index (κ2) is 9.55. The van der Waals surface area contributed by atoms with Crippen LogP contribution in [-0.2, 0) is 17.6 Å². The average Bonchev–Trinajstić information content (AvgIpc) is 3.22. The Labute approximate surface area is 186 Å². The number of primary amides is 1. The largest absolute Gasteiger partial charge is 0.366 e. The van der Waals surface area contributed by atoms with Gasteiger partial charge >= 0.3 is 6.03 Å². The first kappa shape index (κ1) is 21.4. The van der Waals surface area contributed by atoms with Crippen LogP contribution in [0.4, 0.5) is 4.79 Å². The molecule has 1 aliphatic rings. The minimum atomic E-state index is -0.465. The maximum absolute atomic E-state index is 12.8. The molecule has 32 heavy (non-hydrogen) atoms. The highest BCUT2D eigenvalue weighted by Gasteiger charge is 2.24. The summed E-state index contributed by atoms with van der Waals surface area (Å²) in [5.74, 6) is -0.392. The number of aromatic nitrogens is 1. The Morgan fingerprint density at radius 2 is 1.72 bits per heavy atom. The molecular formula is C24H27N5O3. The maximum Gasteiger partial charge on any atom is 0.317 e. The van der Waals surface area contributed by atoms with Gasteiger partial charge in [-0.3, -0.25) is 9.59 Å². The number of carbonyl (C=O) groups excluding carboxylic acids is 3. The smallest absolute Gasteiger partial charge is 0.317 e. The number of rotatable bonds is 6. The van der Waals surface area contributed by atoms with Crippen LogP contribution < -0.4 is 11.1 Å². The Hall–Kier alpha value is -3.81. The molecule has 1 aromatic heterocycles. The van der Waals surface area contributed by atoms with Crippen LogP contribution in [0.2, 0.25) is 0 Å². The van der Waals surface area contributed by atoms with Crippen LogP contribution in [-0.4, -0.2) is 65.4 Å². The molecule has 0 unspecified atom stereocenters. The van der Waals surface area contributed by atoms with Crippen molar-refractivity contribution in [1.82, 2.24) is 20.1 Å². The minimum absolute atomic E-state index is 0.0733. The highest BCUT2D eigenvalue weighted by molar-refractivity contribution is 5.93. The number of hydrogen-bond acceptors (Lipinski definition) is 3. The monoisotopic (exact) mass is 433 g/mol. The molecule has 4 rings (SSSR count). The number of nitrogens with one attached hydrogen (secondary N) is 2. The van der Waals surface area contributed by atoms with Crippen molar-refractivity contribution in [2.24, 2.45) is 5.73 Å². The van der Waals surface area contributed by atoms with Crippen LogP contribution >= 0.6 is 0 Å². The molecule has 4 amide bonds. The second-order valence-corrected chi connectivity index (χ2v) is 7.95. The molecule has 2 heterocycles. The Balaban J connectivity index is 1.22. The number of nitrogens with zero attached hydrogens (tertiary/aromatic N) is 2. The van der Waals surface area contributed by atoms with Gasteiger partial charge < -0.3 is 25.8 Å². The van der Waals surface area contributed by atoms with Gasteiger partial charge in [0, 0.05) is 55.4 Å². The summed E-state index contributed by atoms with van der Waals surface area (Å²) in [6, 6.07) is 14.9. The molecule has 4 N–H and O–H groups in total. The lowest BCUT2D eigenvalue weighted by Gasteiger charge is -2.34. The zero-order valence-electron chi connectivity index (χ0n) is 17.8. The number of para-hydroxylation sites is 1. The fourth-order valence-electron chi connectivity index (χ4n) is 4.02. The molecule has 0 aliphatic carbocycles. The van der Waals surface area contributed by atoms with Crippen LogP contribution in [0.3, 0.4) is 0 Å². The summed E-state index contributed by atoms with van der Waals surface area (Å²) in [6.07, 6.45) is 2.85.